The van der Waals surface area contributed by atoms with Gasteiger partial charge in [-0.25, -0.2) is 4.79 Å². The fraction of sp³-hybridized carbons (Fsp3) is 0.500. The first kappa shape index (κ1) is 12.7. The van der Waals surface area contributed by atoms with Crippen LogP contribution in [-0.4, -0.2) is 33.7 Å². The predicted molar refractivity (Wildman–Crippen MR) is 58.6 cm³/mol. The highest BCUT2D eigenvalue weighted by molar-refractivity contribution is 5.64. The molecule has 0 atom stereocenters. The lowest BCUT2D eigenvalue weighted by atomic mass is 10.5. The summed E-state index contributed by atoms with van der Waals surface area (Å²) < 4.78 is 6.03. The molecule has 9 nitrogen and oxygen atoms in total. The van der Waals surface area contributed by atoms with Crippen LogP contribution in [0.25, 0.3) is 0 Å². The Bertz CT molecular complexity index is 441. The van der Waals surface area contributed by atoms with E-state index in [0.29, 0.717) is 5.82 Å². The summed E-state index contributed by atoms with van der Waals surface area (Å²) in [6.45, 7) is 1.89. The number of amides is 1. The van der Waals surface area contributed by atoms with E-state index in [0.717, 1.165) is 0 Å². The number of nitrogens with one attached hydrogen (secondary N) is 1. The fourth-order valence-electron chi connectivity index (χ4n) is 1.24. The van der Waals surface area contributed by atoms with Crippen LogP contribution in [0.1, 0.15) is 5.82 Å². The zero-order valence-electron chi connectivity index (χ0n) is 9.47. The number of aromatic nitrogens is 2. The van der Waals surface area contributed by atoms with Gasteiger partial charge in [0.1, 0.15) is 6.61 Å². The second-order valence-electron chi connectivity index (χ2n) is 3.24. The van der Waals surface area contributed by atoms with Gasteiger partial charge < -0.3 is 25.9 Å². The summed E-state index contributed by atoms with van der Waals surface area (Å²) in [6, 6.07) is 0. The van der Waals surface area contributed by atoms with Crippen LogP contribution < -0.4 is 11.1 Å². The van der Waals surface area contributed by atoms with Crippen LogP contribution in [-0.2, 0) is 11.8 Å². The van der Waals surface area contributed by atoms with Crippen molar-refractivity contribution in [3.05, 3.63) is 15.9 Å². The van der Waals surface area contributed by atoms with Gasteiger partial charge in [0.2, 0.25) is 11.6 Å². The number of aryl methyl sites for hydroxylation is 1. The number of carbonyl (C=O) groups is 1. The highest BCUT2D eigenvalue weighted by atomic mass is 16.6. The van der Waals surface area contributed by atoms with E-state index < -0.39 is 11.0 Å². The molecular formula is C8H13N5O4. The van der Waals surface area contributed by atoms with Crippen LogP contribution in [0.3, 0.4) is 0 Å². The molecule has 0 bridgehead atoms. The first-order valence-corrected chi connectivity index (χ1v) is 4.77. The summed E-state index contributed by atoms with van der Waals surface area (Å²) in [5.74, 6) is 0.514. The van der Waals surface area contributed by atoms with Crippen molar-refractivity contribution in [3.63, 3.8) is 0 Å². The van der Waals surface area contributed by atoms with Crippen molar-refractivity contribution in [1.82, 2.24) is 9.55 Å². The number of carbonyl (C=O) groups excluding carboxylic acids is 1. The van der Waals surface area contributed by atoms with Crippen LogP contribution in [0.2, 0.25) is 0 Å². The number of primary amides is 1. The molecule has 0 aliphatic rings. The van der Waals surface area contributed by atoms with Crippen molar-refractivity contribution in [3.8, 4) is 0 Å². The van der Waals surface area contributed by atoms with Gasteiger partial charge in [-0.05, 0) is 9.91 Å². The van der Waals surface area contributed by atoms with E-state index in [9.17, 15) is 14.9 Å². The second kappa shape index (κ2) is 5.14. The third-order valence-corrected chi connectivity index (χ3v) is 2.11. The molecule has 0 radical (unpaired) electrons. The van der Waals surface area contributed by atoms with Gasteiger partial charge in [0.15, 0.2) is 0 Å². The van der Waals surface area contributed by atoms with Gasteiger partial charge in [0, 0.05) is 14.0 Å². The molecule has 0 fully saturated rings. The number of imidazole rings is 1. The number of ether oxygens (including phenoxy) is 1. The maximum Gasteiger partial charge on any atom is 0.406 e. The molecule has 0 unspecified atom stereocenters. The van der Waals surface area contributed by atoms with Gasteiger partial charge in [0.05, 0.1) is 6.54 Å². The van der Waals surface area contributed by atoms with Gasteiger partial charge in [0.25, 0.3) is 0 Å². The Hall–Kier alpha value is -2.32. The first-order valence-electron chi connectivity index (χ1n) is 4.77. The SMILES string of the molecule is Cc1nc([N+](=O)[O-])c(NCCOC(N)=O)n1C. The number of rotatable bonds is 5. The van der Waals surface area contributed by atoms with Crippen LogP contribution >= 0.6 is 0 Å². The Morgan fingerprint density at radius 1 is 1.71 bits per heavy atom. The molecule has 0 spiro atoms. The average Bonchev–Trinajstić information content (AvgIpc) is 2.51. The predicted octanol–water partition coefficient (Wildman–Crippen LogP) is 0.144. The highest BCUT2D eigenvalue weighted by Crippen LogP contribution is 2.23. The average molecular weight is 243 g/mol. The normalized spacial score (nSPS) is 10.0. The Balaban J connectivity index is 2.69. The number of nitrogens with zero attached hydrogens (tertiary/aromatic N) is 3. The lowest BCUT2D eigenvalue weighted by molar-refractivity contribution is -0.388. The van der Waals surface area contributed by atoms with Gasteiger partial charge in [-0.1, -0.05) is 0 Å². The van der Waals surface area contributed by atoms with Crippen LogP contribution in [0.15, 0.2) is 0 Å². The van der Waals surface area contributed by atoms with Crippen molar-refractivity contribution >= 4 is 17.7 Å². The monoisotopic (exact) mass is 243 g/mol. The van der Waals surface area contributed by atoms with Crippen LogP contribution in [0.5, 0.6) is 0 Å². The number of hydrogen-bond acceptors (Lipinski definition) is 6. The zero-order valence-corrected chi connectivity index (χ0v) is 9.47. The van der Waals surface area contributed by atoms with Crippen molar-refractivity contribution in [1.29, 1.82) is 0 Å². The summed E-state index contributed by atoms with van der Waals surface area (Å²) in [4.78, 5) is 24.2. The standard InChI is InChI=1S/C8H13N5O4/c1-5-11-7(13(15)16)6(12(5)2)10-3-4-17-8(9)14/h10H,3-4H2,1-2H3,(H2,9,14). The molecule has 94 valence electrons. The van der Waals surface area contributed by atoms with Crippen molar-refractivity contribution < 1.29 is 14.5 Å². The molecule has 1 rings (SSSR count). The summed E-state index contributed by atoms with van der Waals surface area (Å²) in [5.41, 5.74) is 4.77. The molecule has 1 aromatic heterocycles. The molecule has 3 N–H and O–H groups in total. The minimum Gasteiger partial charge on any atom is -0.448 e. The van der Waals surface area contributed by atoms with Gasteiger partial charge in [-0.3, -0.25) is 4.57 Å². The molecule has 0 aromatic carbocycles. The van der Waals surface area contributed by atoms with Crippen molar-refractivity contribution in [2.45, 2.75) is 6.92 Å². The van der Waals surface area contributed by atoms with E-state index in [1.54, 1.807) is 18.5 Å². The Kier molecular flexibility index (Phi) is 3.86. The summed E-state index contributed by atoms with van der Waals surface area (Å²) in [5, 5.41) is 13.5. The molecule has 0 saturated carbocycles. The zero-order chi connectivity index (χ0) is 13.0. The minimum atomic E-state index is -0.887. The van der Waals surface area contributed by atoms with E-state index in [2.05, 4.69) is 15.0 Å². The Morgan fingerprint density at radius 2 is 2.35 bits per heavy atom. The number of nitrogens with two attached hydrogens (primary N) is 1. The topological polar surface area (TPSA) is 125 Å². The van der Waals surface area contributed by atoms with E-state index in [-0.39, 0.29) is 24.8 Å². The van der Waals surface area contributed by atoms with Crippen LogP contribution in [0, 0.1) is 17.0 Å². The number of nitro groups is 1. The molecule has 0 aliphatic carbocycles. The third kappa shape index (κ3) is 3.06. The molecule has 1 amide bonds. The number of anilines is 1. The van der Waals surface area contributed by atoms with E-state index in [4.69, 9.17) is 5.73 Å². The minimum absolute atomic E-state index is 0.0245. The Morgan fingerprint density at radius 3 is 2.88 bits per heavy atom. The molecule has 1 aromatic rings. The first-order chi connectivity index (χ1) is 7.93. The van der Waals surface area contributed by atoms with Crippen molar-refractivity contribution in [2.75, 3.05) is 18.5 Å². The summed E-state index contributed by atoms with van der Waals surface area (Å²) in [6.07, 6.45) is -0.887. The molecular weight excluding hydrogens is 230 g/mol. The Labute approximate surface area is 96.7 Å². The summed E-state index contributed by atoms with van der Waals surface area (Å²) >= 11 is 0. The second-order valence-corrected chi connectivity index (χ2v) is 3.24. The maximum atomic E-state index is 10.7. The molecule has 1 heterocycles. The van der Waals surface area contributed by atoms with Gasteiger partial charge in [-0.2, -0.15) is 0 Å². The lowest BCUT2D eigenvalue weighted by Crippen LogP contribution is -2.19. The van der Waals surface area contributed by atoms with E-state index in [1.165, 1.54) is 0 Å². The maximum absolute atomic E-state index is 10.7. The van der Waals surface area contributed by atoms with E-state index in [1.807, 2.05) is 0 Å². The molecule has 0 saturated heterocycles. The van der Waals surface area contributed by atoms with Gasteiger partial charge >= 0.3 is 11.9 Å². The fourth-order valence-corrected chi connectivity index (χ4v) is 1.24. The molecule has 17 heavy (non-hydrogen) atoms. The van der Waals surface area contributed by atoms with Gasteiger partial charge in [-0.15, -0.1) is 0 Å². The number of hydrogen-bond donors (Lipinski definition) is 2. The van der Waals surface area contributed by atoms with Crippen LogP contribution in [0.4, 0.5) is 16.4 Å². The quantitative estimate of drug-likeness (QED) is 0.430. The van der Waals surface area contributed by atoms with E-state index >= 15 is 0 Å². The largest absolute Gasteiger partial charge is 0.448 e. The summed E-state index contributed by atoms with van der Waals surface area (Å²) in [7, 11) is 1.65. The molecule has 0 aliphatic heterocycles. The third-order valence-electron chi connectivity index (χ3n) is 2.11. The highest BCUT2D eigenvalue weighted by Gasteiger charge is 2.22. The van der Waals surface area contributed by atoms with Crippen molar-refractivity contribution in [2.24, 2.45) is 12.8 Å². The smallest absolute Gasteiger partial charge is 0.406 e. The molecule has 9 heteroatoms. The lowest BCUT2D eigenvalue weighted by Gasteiger charge is -2.06.